The summed E-state index contributed by atoms with van der Waals surface area (Å²) in [4.78, 5) is 43.9. The molecule has 3 N–H and O–H groups in total. The zero-order valence-corrected chi connectivity index (χ0v) is 20.8. The first kappa shape index (κ1) is 25.7. The van der Waals surface area contributed by atoms with Gasteiger partial charge in [0.1, 0.15) is 5.82 Å². The molecule has 0 unspecified atom stereocenters. The minimum Gasteiger partial charge on any atom is -0.383 e. The highest BCUT2D eigenvalue weighted by Crippen LogP contribution is 2.23. The normalized spacial score (nSPS) is 14.9. The molecule has 8 nitrogen and oxygen atoms in total. The number of anilines is 2. The van der Waals surface area contributed by atoms with Crippen LogP contribution >= 0.6 is 0 Å². The summed E-state index contributed by atoms with van der Waals surface area (Å²) in [5.74, 6) is 0.557. The van der Waals surface area contributed by atoms with Crippen molar-refractivity contribution in [1.82, 2.24) is 14.5 Å². The summed E-state index contributed by atoms with van der Waals surface area (Å²) < 4.78 is 1.36. The lowest BCUT2D eigenvalue weighted by molar-refractivity contribution is -0.120. The van der Waals surface area contributed by atoms with E-state index in [9.17, 15) is 14.4 Å². The Morgan fingerprint density at radius 2 is 1.82 bits per heavy atom. The lowest BCUT2D eigenvalue weighted by atomic mass is 9.90. The molecule has 1 aliphatic rings. The number of nitrogens with one attached hydrogen (secondary N) is 1. The number of unbranched alkanes of at least 4 members (excludes halogenated alkanes) is 1. The predicted molar refractivity (Wildman–Crippen MR) is 137 cm³/mol. The zero-order chi connectivity index (χ0) is 24.7. The number of aromatic amines is 1. The average Bonchev–Trinajstić information content (AvgIpc) is 2.82. The number of amides is 1. The van der Waals surface area contributed by atoms with E-state index in [-0.39, 0.29) is 24.0 Å². The van der Waals surface area contributed by atoms with E-state index in [1.165, 1.54) is 20.6 Å². The highest BCUT2D eigenvalue weighted by Gasteiger charge is 2.26. The number of hydrogen-bond donors (Lipinski definition) is 2. The summed E-state index contributed by atoms with van der Waals surface area (Å²) in [6.45, 7) is 8.63. The van der Waals surface area contributed by atoms with Gasteiger partial charge in [-0.2, -0.15) is 0 Å². The number of H-pyrrole nitrogens is 1. The number of nitrogen functional groups attached to an aromatic ring is 1. The maximum Gasteiger partial charge on any atom is 0.330 e. The lowest BCUT2D eigenvalue weighted by Crippen LogP contribution is -2.46. The number of rotatable bonds is 10. The van der Waals surface area contributed by atoms with Gasteiger partial charge in [-0.1, -0.05) is 43.2 Å². The molecular weight excluding hydrogens is 430 g/mol. The number of likely N-dealkylation sites (N-methyl/N-ethyl adjacent to an activating group) is 1. The van der Waals surface area contributed by atoms with Crippen molar-refractivity contribution < 1.29 is 4.79 Å². The molecule has 1 saturated heterocycles. The maximum absolute atomic E-state index is 13.2. The van der Waals surface area contributed by atoms with E-state index >= 15 is 0 Å². The number of hydrogen-bond acceptors (Lipinski definition) is 5. The molecule has 0 aliphatic carbocycles. The van der Waals surface area contributed by atoms with Crippen molar-refractivity contribution >= 4 is 17.4 Å². The van der Waals surface area contributed by atoms with Gasteiger partial charge in [0.05, 0.1) is 6.54 Å². The fourth-order valence-electron chi connectivity index (χ4n) is 4.67. The Labute approximate surface area is 201 Å². The van der Waals surface area contributed by atoms with Gasteiger partial charge in [0.15, 0.2) is 5.69 Å². The van der Waals surface area contributed by atoms with Gasteiger partial charge < -0.3 is 10.6 Å². The minimum atomic E-state index is -0.611. The van der Waals surface area contributed by atoms with Crippen LogP contribution in [0.2, 0.25) is 0 Å². The highest BCUT2D eigenvalue weighted by atomic mass is 16.2. The van der Waals surface area contributed by atoms with Crippen LogP contribution in [0.5, 0.6) is 0 Å². The van der Waals surface area contributed by atoms with Crippen LogP contribution < -0.4 is 21.9 Å². The number of nitrogens with zero attached hydrogens (tertiary/aromatic N) is 3. The number of nitrogens with two attached hydrogens (primary N) is 1. The number of carbonyl (C=O) groups excluding carboxylic acids is 1. The van der Waals surface area contributed by atoms with Crippen molar-refractivity contribution in [3.05, 3.63) is 56.2 Å². The van der Waals surface area contributed by atoms with Crippen LogP contribution in [0.1, 0.15) is 57.1 Å². The Kier molecular flexibility index (Phi) is 9.10. The van der Waals surface area contributed by atoms with Crippen LogP contribution in [0.3, 0.4) is 0 Å². The topological polar surface area (TPSA) is 104 Å². The zero-order valence-electron chi connectivity index (χ0n) is 20.8. The first-order valence-corrected chi connectivity index (χ1v) is 12.5. The Bertz CT molecular complexity index is 1070. The van der Waals surface area contributed by atoms with Gasteiger partial charge in [-0.3, -0.25) is 24.0 Å². The lowest BCUT2D eigenvalue weighted by Gasteiger charge is -2.33. The van der Waals surface area contributed by atoms with Crippen molar-refractivity contribution in [2.45, 2.75) is 65.8 Å². The van der Waals surface area contributed by atoms with Crippen LogP contribution in [0.15, 0.2) is 33.9 Å². The first-order chi connectivity index (χ1) is 16.3. The quantitative estimate of drug-likeness (QED) is 0.557. The monoisotopic (exact) mass is 469 g/mol. The summed E-state index contributed by atoms with van der Waals surface area (Å²) in [7, 11) is 0. The molecule has 1 aromatic heterocycles. The second kappa shape index (κ2) is 12.0. The summed E-state index contributed by atoms with van der Waals surface area (Å²) >= 11 is 0. The van der Waals surface area contributed by atoms with Crippen molar-refractivity contribution in [2.24, 2.45) is 5.92 Å². The minimum absolute atomic E-state index is 0.0622. The van der Waals surface area contributed by atoms with Crippen molar-refractivity contribution in [3.8, 4) is 0 Å². The third-order valence-electron chi connectivity index (χ3n) is 6.86. The van der Waals surface area contributed by atoms with Crippen molar-refractivity contribution in [2.75, 3.05) is 36.8 Å². The summed E-state index contributed by atoms with van der Waals surface area (Å²) in [6.07, 6.45) is 6.03. The van der Waals surface area contributed by atoms with Crippen LogP contribution in [0.25, 0.3) is 0 Å². The fourth-order valence-corrected chi connectivity index (χ4v) is 4.67. The number of piperidine rings is 1. The maximum atomic E-state index is 13.2. The number of likely N-dealkylation sites (tertiary alicyclic amines) is 1. The molecule has 0 bridgehead atoms. The summed E-state index contributed by atoms with van der Waals surface area (Å²) in [6, 6.07) is 8.75. The van der Waals surface area contributed by atoms with E-state index in [2.05, 4.69) is 41.1 Å². The van der Waals surface area contributed by atoms with Gasteiger partial charge in [0.25, 0.3) is 5.56 Å². The number of benzene rings is 1. The molecule has 1 aliphatic heterocycles. The van der Waals surface area contributed by atoms with Gasteiger partial charge in [0, 0.05) is 13.1 Å². The molecule has 0 atom stereocenters. The highest BCUT2D eigenvalue weighted by molar-refractivity contribution is 5.96. The number of aryl methyl sites for hydroxylation is 2. The molecule has 34 heavy (non-hydrogen) atoms. The molecular formula is C26H39N5O3. The Morgan fingerprint density at radius 3 is 2.44 bits per heavy atom. The second-order valence-electron chi connectivity index (χ2n) is 9.38. The molecule has 0 saturated carbocycles. The molecule has 0 radical (unpaired) electrons. The molecule has 3 rings (SSSR count). The molecule has 2 aromatic rings. The average molecular weight is 470 g/mol. The van der Waals surface area contributed by atoms with Gasteiger partial charge in [-0.25, -0.2) is 4.79 Å². The molecule has 1 fully saturated rings. The molecule has 2 heterocycles. The van der Waals surface area contributed by atoms with Gasteiger partial charge in [0.2, 0.25) is 5.91 Å². The van der Waals surface area contributed by atoms with E-state index < -0.39 is 11.2 Å². The van der Waals surface area contributed by atoms with E-state index in [0.29, 0.717) is 19.0 Å². The van der Waals surface area contributed by atoms with Crippen LogP contribution in [-0.4, -0.2) is 46.5 Å². The van der Waals surface area contributed by atoms with Crippen molar-refractivity contribution in [3.63, 3.8) is 0 Å². The van der Waals surface area contributed by atoms with Crippen LogP contribution in [-0.2, 0) is 17.8 Å². The Balaban J connectivity index is 1.59. The van der Waals surface area contributed by atoms with Gasteiger partial charge >= 0.3 is 5.69 Å². The molecule has 0 spiro atoms. The second-order valence-corrected chi connectivity index (χ2v) is 9.38. The SMILES string of the molecule is CCCCn1c(N)c(N(CC)C(=O)CN2CCC(CCc3ccc(C)cc3)CC2)c(=O)[nH]c1=O. The summed E-state index contributed by atoms with van der Waals surface area (Å²) in [5.41, 5.74) is 7.82. The molecule has 186 valence electrons. The van der Waals surface area contributed by atoms with Crippen molar-refractivity contribution in [1.29, 1.82) is 0 Å². The molecule has 8 heteroatoms. The molecule has 1 aromatic carbocycles. The third kappa shape index (κ3) is 6.38. The largest absolute Gasteiger partial charge is 0.383 e. The summed E-state index contributed by atoms with van der Waals surface area (Å²) in [5, 5.41) is 0. The standard InChI is InChI=1S/C26H39N5O3/c1-4-6-15-31-24(27)23(25(33)28-26(31)34)30(5-2)22(32)18-29-16-13-21(14-17-29)12-11-20-9-7-19(3)8-10-20/h7-10,21H,4-6,11-18,27H2,1-3H3,(H,28,33,34). The van der Waals surface area contributed by atoms with E-state index in [4.69, 9.17) is 5.73 Å². The number of carbonyl (C=O) groups is 1. The first-order valence-electron chi connectivity index (χ1n) is 12.5. The van der Waals surface area contributed by atoms with Crippen LogP contribution in [0.4, 0.5) is 11.5 Å². The van der Waals surface area contributed by atoms with Crippen LogP contribution in [0, 0.1) is 12.8 Å². The smallest absolute Gasteiger partial charge is 0.330 e. The third-order valence-corrected chi connectivity index (χ3v) is 6.86. The number of aromatic nitrogens is 2. The Morgan fingerprint density at radius 1 is 1.15 bits per heavy atom. The fraction of sp³-hybridized carbons (Fsp3) is 0.577. The van der Waals surface area contributed by atoms with E-state index in [0.717, 1.165) is 51.6 Å². The van der Waals surface area contributed by atoms with E-state index in [1.54, 1.807) is 0 Å². The van der Waals surface area contributed by atoms with E-state index in [1.807, 2.05) is 13.8 Å². The molecule has 1 amide bonds. The van der Waals surface area contributed by atoms with Gasteiger partial charge in [-0.15, -0.1) is 0 Å². The van der Waals surface area contributed by atoms with Gasteiger partial charge in [-0.05, 0) is 70.5 Å². The Hall–Kier alpha value is -2.87. The predicted octanol–water partition coefficient (Wildman–Crippen LogP) is 2.93.